The summed E-state index contributed by atoms with van der Waals surface area (Å²) in [5.74, 6) is -0.375. The van der Waals surface area contributed by atoms with Gasteiger partial charge < -0.3 is 14.2 Å². The van der Waals surface area contributed by atoms with Crippen molar-refractivity contribution in [2.24, 2.45) is 0 Å². The smallest absolute Gasteiger partial charge is 0.306 e. The van der Waals surface area contributed by atoms with Gasteiger partial charge in [0.1, 0.15) is 6.61 Å². The zero-order chi connectivity index (χ0) is 46.3. The summed E-state index contributed by atoms with van der Waals surface area (Å²) in [6.45, 7) is 7.88. The molecular weight excluding hydrogens is 789 g/mol. The molecule has 0 aliphatic carbocycles. The topological polar surface area (TPSA) is 61.8 Å². The highest BCUT2D eigenvalue weighted by atomic mass is 16.6. The second-order valence-corrected chi connectivity index (χ2v) is 19.9. The third-order valence-corrected chi connectivity index (χ3v) is 13.3. The van der Waals surface area contributed by atoms with Crippen LogP contribution in [0.4, 0.5) is 0 Å². The molecule has 64 heavy (non-hydrogen) atoms. The van der Waals surface area contributed by atoms with Crippen LogP contribution in [0.25, 0.3) is 0 Å². The van der Waals surface area contributed by atoms with Crippen LogP contribution >= 0.6 is 0 Å². The molecule has 0 radical (unpaired) electrons. The molecule has 0 saturated carbocycles. The van der Waals surface area contributed by atoms with Crippen LogP contribution in [0, 0.1) is 0 Å². The van der Waals surface area contributed by atoms with Crippen molar-refractivity contribution in [1.29, 1.82) is 0 Å². The lowest BCUT2D eigenvalue weighted by Crippen LogP contribution is -2.30. The van der Waals surface area contributed by atoms with E-state index in [1.165, 1.54) is 263 Å². The maximum Gasteiger partial charge on any atom is 0.306 e. The van der Waals surface area contributed by atoms with Crippen LogP contribution in [0.2, 0.25) is 0 Å². The van der Waals surface area contributed by atoms with Crippen molar-refractivity contribution < 1.29 is 23.8 Å². The molecule has 0 saturated heterocycles. The zero-order valence-electron chi connectivity index (χ0n) is 43.8. The number of rotatable bonds is 55. The average Bonchev–Trinajstić information content (AvgIpc) is 3.30. The third kappa shape index (κ3) is 53.3. The monoisotopic (exact) mass is 903 g/mol. The van der Waals surface area contributed by atoms with Gasteiger partial charge in [0.05, 0.1) is 6.61 Å². The minimum atomic E-state index is -0.527. The molecule has 5 nitrogen and oxygen atoms in total. The lowest BCUT2D eigenvalue weighted by atomic mass is 10.0. The molecule has 0 aromatic rings. The standard InChI is InChI=1S/C59H114O5/c1-4-7-10-13-16-19-21-23-25-27-29-31-33-35-37-39-42-45-48-51-54-62-55-57(64-59(61)53-50-47-44-40-18-15-12-9-6-3)56-63-58(60)52-49-46-43-41-38-36-34-32-30-28-26-24-22-20-17-14-11-8-5-2/h23,25,57H,4-22,24,26-56H2,1-3H3/b25-23-. The highest BCUT2D eigenvalue weighted by Gasteiger charge is 2.17. The summed E-state index contributed by atoms with van der Waals surface area (Å²) in [6.07, 6.45) is 65.3. The van der Waals surface area contributed by atoms with Crippen LogP contribution in [-0.2, 0) is 23.8 Å². The highest BCUT2D eigenvalue weighted by molar-refractivity contribution is 5.70. The van der Waals surface area contributed by atoms with Gasteiger partial charge in [0.15, 0.2) is 6.10 Å². The van der Waals surface area contributed by atoms with Gasteiger partial charge in [0.25, 0.3) is 0 Å². The first kappa shape index (κ1) is 62.6. The fourth-order valence-electron chi connectivity index (χ4n) is 8.92. The van der Waals surface area contributed by atoms with Gasteiger partial charge >= 0.3 is 11.9 Å². The van der Waals surface area contributed by atoms with Gasteiger partial charge in [-0.3, -0.25) is 9.59 Å². The maximum absolute atomic E-state index is 12.8. The molecular formula is C59H114O5. The highest BCUT2D eigenvalue weighted by Crippen LogP contribution is 2.17. The Hall–Kier alpha value is -1.36. The predicted octanol–water partition coefficient (Wildman–Crippen LogP) is 19.8. The van der Waals surface area contributed by atoms with E-state index in [1.54, 1.807) is 0 Å². The molecule has 0 aromatic carbocycles. The molecule has 0 amide bonds. The SMILES string of the molecule is CCCCCCCC/C=C\CCCCCCCCCCCCOCC(COC(=O)CCCCCCCCCCCCCCCCCCCCC)OC(=O)CCCCCCCCCCC. The largest absolute Gasteiger partial charge is 0.462 e. The lowest BCUT2D eigenvalue weighted by Gasteiger charge is -2.18. The second-order valence-electron chi connectivity index (χ2n) is 19.9. The van der Waals surface area contributed by atoms with Gasteiger partial charge in [-0.05, 0) is 44.9 Å². The third-order valence-electron chi connectivity index (χ3n) is 13.3. The van der Waals surface area contributed by atoms with E-state index in [4.69, 9.17) is 14.2 Å². The Morgan fingerprint density at radius 1 is 0.328 bits per heavy atom. The predicted molar refractivity (Wildman–Crippen MR) is 279 cm³/mol. The fourth-order valence-corrected chi connectivity index (χ4v) is 8.92. The number of allylic oxidation sites excluding steroid dienone is 2. The molecule has 0 N–H and O–H groups in total. The first-order valence-electron chi connectivity index (χ1n) is 29.2. The van der Waals surface area contributed by atoms with Crippen LogP contribution in [0.1, 0.15) is 329 Å². The molecule has 5 heteroatoms. The molecule has 0 aliphatic heterocycles. The fraction of sp³-hybridized carbons (Fsp3) is 0.932. The summed E-state index contributed by atoms with van der Waals surface area (Å²) in [7, 11) is 0. The molecule has 1 atom stereocenters. The Kier molecular flexibility index (Phi) is 54.8. The van der Waals surface area contributed by atoms with E-state index >= 15 is 0 Å². The van der Waals surface area contributed by atoms with Crippen LogP contribution in [0.5, 0.6) is 0 Å². The van der Waals surface area contributed by atoms with E-state index in [0.717, 1.165) is 32.1 Å². The Bertz CT molecular complexity index is 932. The minimum absolute atomic E-state index is 0.0947. The molecule has 0 heterocycles. The molecule has 0 rings (SSSR count). The van der Waals surface area contributed by atoms with E-state index < -0.39 is 6.10 Å². The normalized spacial score (nSPS) is 12.1. The number of ether oxygens (including phenoxy) is 3. The Morgan fingerprint density at radius 3 is 0.953 bits per heavy atom. The van der Waals surface area contributed by atoms with Crippen molar-refractivity contribution in [2.75, 3.05) is 19.8 Å². The van der Waals surface area contributed by atoms with Gasteiger partial charge in [0, 0.05) is 19.4 Å². The Morgan fingerprint density at radius 2 is 0.609 bits per heavy atom. The van der Waals surface area contributed by atoms with Crippen LogP contribution < -0.4 is 0 Å². The van der Waals surface area contributed by atoms with Gasteiger partial charge in [-0.1, -0.05) is 283 Å². The molecule has 0 fully saturated rings. The summed E-state index contributed by atoms with van der Waals surface area (Å²) in [6, 6.07) is 0. The number of esters is 2. The van der Waals surface area contributed by atoms with Gasteiger partial charge in [0.2, 0.25) is 0 Å². The van der Waals surface area contributed by atoms with Crippen molar-refractivity contribution in [2.45, 2.75) is 335 Å². The quantitative estimate of drug-likeness (QED) is 0.0346. The molecule has 0 aromatic heterocycles. The van der Waals surface area contributed by atoms with Crippen molar-refractivity contribution >= 4 is 11.9 Å². The van der Waals surface area contributed by atoms with Crippen LogP contribution in [-0.4, -0.2) is 37.9 Å². The van der Waals surface area contributed by atoms with Crippen LogP contribution in [0.3, 0.4) is 0 Å². The first-order chi connectivity index (χ1) is 31.6. The number of hydrogen-bond acceptors (Lipinski definition) is 5. The molecule has 380 valence electrons. The second kappa shape index (κ2) is 56.0. The number of carbonyl (C=O) groups excluding carboxylic acids is 2. The van der Waals surface area contributed by atoms with Crippen molar-refractivity contribution in [3.63, 3.8) is 0 Å². The summed E-state index contributed by atoms with van der Waals surface area (Å²) in [5, 5.41) is 0. The summed E-state index contributed by atoms with van der Waals surface area (Å²) >= 11 is 0. The summed E-state index contributed by atoms with van der Waals surface area (Å²) in [5.41, 5.74) is 0. The van der Waals surface area contributed by atoms with Gasteiger partial charge in [-0.25, -0.2) is 0 Å². The summed E-state index contributed by atoms with van der Waals surface area (Å²) < 4.78 is 17.5. The lowest BCUT2D eigenvalue weighted by molar-refractivity contribution is -0.163. The molecule has 0 spiro atoms. The van der Waals surface area contributed by atoms with Crippen molar-refractivity contribution in [3.8, 4) is 0 Å². The molecule has 0 bridgehead atoms. The zero-order valence-corrected chi connectivity index (χ0v) is 43.8. The van der Waals surface area contributed by atoms with E-state index in [1.807, 2.05) is 0 Å². The van der Waals surface area contributed by atoms with Gasteiger partial charge in [-0.2, -0.15) is 0 Å². The molecule has 0 aliphatic rings. The molecule has 1 unspecified atom stereocenters. The number of hydrogen-bond donors (Lipinski definition) is 0. The summed E-state index contributed by atoms with van der Waals surface area (Å²) in [4.78, 5) is 25.4. The number of unbranched alkanes of at least 4 members (excludes halogenated alkanes) is 42. The number of carbonyl (C=O) groups is 2. The average molecular weight is 904 g/mol. The van der Waals surface area contributed by atoms with E-state index in [2.05, 4.69) is 32.9 Å². The van der Waals surface area contributed by atoms with Crippen molar-refractivity contribution in [1.82, 2.24) is 0 Å². The first-order valence-corrected chi connectivity index (χ1v) is 29.2. The van der Waals surface area contributed by atoms with E-state index in [-0.39, 0.29) is 18.5 Å². The van der Waals surface area contributed by atoms with E-state index in [9.17, 15) is 9.59 Å². The van der Waals surface area contributed by atoms with Gasteiger partial charge in [-0.15, -0.1) is 0 Å². The van der Waals surface area contributed by atoms with Crippen molar-refractivity contribution in [3.05, 3.63) is 12.2 Å². The maximum atomic E-state index is 12.8. The Labute approximate surface area is 401 Å². The van der Waals surface area contributed by atoms with Crippen LogP contribution in [0.15, 0.2) is 12.2 Å². The van der Waals surface area contributed by atoms with E-state index in [0.29, 0.717) is 26.1 Å². The Balaban J connectivity index is 4.07. The minimum Gasteiger partial charge on any atom is -0.462 e.